The molecule has 0 bridgehead atoms. The highest BCUT2D eigenvalue weighted by Gasteiger charge is 2.11. The zero-order chi connectivity index (χ0) is 19.2. The summed E-state index contributed by atoms with van der Waals surface area (Å²) >= 11 is 0. The number of hydrogen-bond donors (Lipinski definition) is 3. The summed E-state index contributed by atoms with van der Waals surface area (Å²) in [5.41, 5.74) is 2.51. The molecule has 1 aromatic carbocycles. The van der Waals surface area contributed by atoms with E-state index in [0.29, 0.717) is 42.1 Å². The van der Waals surface area contributed by atoms with Gasteiger partial charge in [-0.05, 0) is 18.6 Å². The van der Waals surface area contributed by atoms with Gasteiger partial charge in [-0.15, -0.1) is 0 Å². The highest BCUT2D eigenvalue weighted by atomic mass is 16.5. The Kier molecular flexibility index (Phi) is 5.94. The van der Waals surface area contributed by atoms with Crippen LogP contribution in [0.1, 0.15) is 16.8 Å². The predicted octanol–water partition coefficient (Wildman–Crippen LogP) is 0.545. The van der Waals surface area contributed by atoms with Crippen LogP contribution in [0.4, 0.5) is 0 Å². The van der Waals surface area contributed by atoms with Crippen molar-refractivity contribution in [3.63, 3.8) is 0 Å². The molecule has 0 radical (unpaired) electrons. The SMILES string of the molecule is COCCCn1c(=O)[nH]c2nc(-c3ccc(C(=O)NCCO)cc3)cnc21. The zero-order valence-electron chi connectivity index (χ0n) is 14.9. The minimum absolute atomic E-state index is 0.108. The summed E-state index contributed by atoms with van der Waals surface area (Å²) in [6, 6.07) is 6.87. The third-order valence-electron chi connectivity index (χ3n) is 4.05. The molecule has 0 aliphatic rings. The van der Waals surface area contributed by atoms with Gasteiger partial charge in [-0.25, -0.2) is 14.8 Å². The number of rotatable bonds is 8. The number of carbonyl (C=O) groups is 1. The standard InChI is InChI=1S/C18H21N5O4/c1-27-10-2-8-23-16-15(22-18(23)26)21-14(11-20-16)12-3-5-13(6-4-12)17(25)19-7-9-24/h3-6,11,24H,2,7-10H2,1H3,(H,19,25)(H,21,22,26). The van der Waals surface area contributed by atoms with Crippen LogP contribution in [0.3, 0.4) is 0 Å². The Labute approximate surface area is 155 Å². The monoisotopic (exact) mass is 371 g/mol. The van der Waals surface area contributed by atoms with E-state index in [1.165, 1.54) is 0 Å². The molecule has 3 N–H and O–H groups in total. The van der Waals surface area contributed by atoms with Crippen LogP contribution in [0.25, 0.3) is 22.6 Å². The summed E-state index contributed by atoms with van der Waals surface area (Å²) < 4.78 is 6.56. The van der Waals surface area contributed by atoms with Crippen molar-refractivity contribution in [2.45, 2.75) is 13.0 Å². The average Bonchev–Trinajstić information content (AvgIpc) is 3.01. The van der Waals surface area contributed by atoms with Gasteiger partial charge in [0.05, 0.1) is 18.5 Å². The number of nitrogens with one attached hydrogen (secondary N) is 2. The van der Waals surface area contributed by atoms with Gasteiger partial charge in [0.2, 0.25) is 0 Å². The van der Waals surface area contributed by atoms with Gasteiger partial charge in [-0.2, -0.15) is 0 Å². The van der Waals surface area contributed by atoms with E-state index in [1.54, 1.807) is 42.1 Å². The third-order valence-corrected chi connectivity index (χ3v) is 4.05. The number of fused-ring (bicyclic) bond motifs is 1. The number of ether oxygens (including phenoxy) is 1. The molecule has 3 aromatic rings. The fourth-order valence-electron chi connectivity index (χ4n) is 2.71. The number of aliphatic hydroxyl groups excluding tert-OH is 1. The van der Waals surface area contributed by atoms with Crippen molar-refractivity contribution in [2.24, 2.45) is 0 Å². The number of aromatic amines is 1. The number of methoxy groups -OCH3 is 1. The fraction of sp³-hybridized carbons (Fsp3) is 0.333. The Bertz CT molecular complexity index is 978. The first-order valence-electron chi connectivity index (χ1n) is 8.58. The third kappa shape index (κ3) is 4.21. The molecule has 0 saturated carbocycles. The predicted molar refractivity (Wildman–Crippen MR) is 99.5 cm³/mol. The number of amides is 1. The number of aryl methyl sites for hydroxylation is 1. The molecule has 2 aromatic heterocycles. The van der Waals surface area contributed by atoms with Crippen LogP contribution in [0, 0.1) is 0 Å². The van der Waals surface area contributed by atoms with Crippen LogP contribution >= 0.6 is 0 Å². The van der Waals surface area contributed by atoms with Gasteiger partial charge in [0.15, 0.2) is 11.3 Å². The van der Waals surface area contributed by atoms with Crippen LogP contribution in [-0.4, -0.2) is 57.4 Å². The van der Waals surface area contributed by atoms with Gasteiger partial charge in [0.1, 0.15) is 0 Å². The zero-order valence-corrected chi connectivity index (χ0v) is 14.9. The number of aromatic nitrogens is 4. The molecule has 0 unspecified atom stereocenters. The van der Waals surface area contributed by atoms with Crippen molar-refractivity contribution < 1.29 is 14.6 Å². The lowest BCUT2D eigenvalue weighted by atomic mass is 10.1. The smallest absolute Gasteiger partial charge is 0.328 e. The lowest BCUT2D eigenvalue weighted by molar-refractivity contribution is 0.0945. The van der Waals surface area contributed by atoms with Crippen LogP contribution in [0.2, 0.25) is 0 Å². The van der Waals surface area contributed by atoms with E-state index in [1.807, 2.05) is 0 Å². The summed E-state index contributed by atoms with van der Waals surface area (Å²) in [6.45, 7) is 1.15. The van der Waals surface area contributed by atoms with E-state index in [4.69, 9.17) is 9.84 Å². The number of benzene rings is 1. The van der Waals surface area contributed by atoms with Crippen LogP contribution < -0.4 is 11.0 Å². The molecule has 27 heavy (non-hydrogen) atoms. The van der Waals surface area contributed by atoms with Gasteiger partial charge in [0, 0.05) is 37.9 Å². The van der Waals surface area contributed by atoms with Crippen molar-refractivity contribution in [2.75, 3.05) is 26.9 Å². The average molecular weight is 371 g/mol. The van der Waals surface area contributed by atoms with E-state index >= 15 is 0 Å². The number of nitrogens with zero attached hydrogens (tertiary/aromatic N) is 3. The number of aliphatic hydroxyl groups is 1. The summed E-state index contributed by atoms with van der Waals surface area (Å²) in [5, 5.41) is 11.4. The summed E-state index contributed by atoms with van der Waals surface area (Å²) in [6.07, 6.45) is 2.30. The molecule has 0 aliphatic heterocycles. The maximum atomic E-state index is 12.1. The number of H-pyrrole nitrogens is 1. The molecule has 0 atom stereocenters. The topological polar surface area (TPSA) is 122 Å². The maximum Gasteiger partial charge on any atom is 0.328 e. The molecule has 142 valence electrons. The van der Waals surface area contributed by atoms with Gasteiger partial charge < -0.3 is 15.2 Å². The van der Waals surface area contributed by atoms with E-state index < -0.39 is 0 Å². The van der Waals surface area contributed by atoms with Crippen molar-refractivity contribution in [1.29, 1.82) is 0 Å². The molecule has 0 saturated heterocycles. The van der Waals surface area contributed by atoms with E-state index in [2.05, 4.69) is 20.3 Å². The Morgan fingerprint density at radius 2 is 2.11 bits per heavy atom. The second kappa shape index (κ2) is 8.56. The highest BCUT2D eigenvalue weighted by Crippen LogP contribution is 2.19. The molecule has 0 aliphatic carbocycles. The summed E-state index contributed by atoms with van der Waals surface area (Å²) in [5.74, 6) is -0.255. The minimum Gasteiger partial charge on any atom is -0.395 e. The second-order valence-corrected chi connectivity index (χ2v) is 5.91. The molecule has 9 heteroatoms. The molecule has 0 spiro atoms. The van der Waals surface area contributed by atoms with Gasteiger partial charge in [-0.1, -0.05) is 12.1 Å². The van der Waals surface area contributed by atoms with Crippen LogP contribution in [-0.2, 0) is 11.3 Å². The Balaban J connectivity index is 1.83. The quantitative estimate of drug-likeness (QED) is 0.497. The fourth-order valence-corrected chi connectivity index (χ4v) is 2.71. The highest BCUT2D eigenvalue weighted by molar-refractivity contribution is 5.94. The second-order valence-electron chi connectivity index (χ2n) is 5.91. The first-order valence-corrected chi connectivity index (χ1v) is 8.58. The Hall–Kier alpha value is -3.04. The minimum atomic E-state index is -0.255. The van der Waals surface area contributed by atoms with Gasteiger partial charge in [0.25, 0.3) is 5.91 Å². The lowest BCUT2D eigenvalue weighted by Crippen LogP contribution is -2.26. The van der Waals surface area contributed by atoms with E-state index in [0.717, 1.165) is 5.56 Å². The number of imidazole rings is 1. The number of hydrogen-bond acceptors (Lipinski definition) is 6. The normalized spacial score (nSPS) is 11.0. The summed E-state index contributed by atoms with van der Waals surface area (Å²) in [4.78, 5) is 35.6. The molecule has 0 fully saturated rings. The van der Waals surface area contributed by atoms with Crippen molar-refractivity contribution in [3.05, 3.63) is 46.5 Å². The van der Waals surface area contributed by atoms with Crippen LogP contribution in [0.15, 0.2) is 35.3 Å². The summed E-state index contributed by atoms with van der Waals surface area (Å²) in [7, 11) is 1.62. The first-order chi connectivity index (χ1) is 13.1. The van der Waals surface area contributed by atoms with Gasteiger partial charge in [-0.3, -0.25) is 14.3 Å². The van der Waals surface area contributed by atoms with Gasteiger partial charge >= 0.3 is 5.69 Å². The molecular formula is C18H21N5O4. The molecule has 9 nitrogen and oxygen atoms in total. The van der Waals surface area contributed by atoms with E-state index in [9.17, 15) is 9.59 Å². The van der Waals surface area contributed by atoms with Crippen molar-refractivity contribution in [3.8, 4) is 11.3 Å². The maximum absolute atomic E-state index is 12.1. The Morgan fingerprint density at radius 3 is 2.81 bits per heavy atom. The molecule has 2 heterocycles. The first kappa shape index (κ1) is 18.7. The lowest BCUT2D eigenvalue weighted by Gasteiger charge is -2.05. The van der Waals surface area contributed by atoms with E-state index in [-0.39, 0.29) is 24.7 Å². The molecule has 1 amide bonds. The van der Waals surface area contributed by atoms with Crippen molar-refractivity contribution in [1.82, 2.24) is 24.8 Å². The molecule has 3 rings (SSSR count). The van der Waals surface area contributed by atoms with Crippen LogP contribution in [0.5, 0.6) is 0 Å². The largest absolute Gasteiger partial charge is 0.395 e. The number of carbonyl (C=O) groups excluding carboxylic acids is 1. The Morgan fingerprint density at radius 1 is 1.33 bits per heavy atom. The molecular weight excluding hydrogens is 350 g/mol. The van der Waals surface area contributed by atoms with Crippen molar-refractivity contribution >= 4 is 17.2 Å².